The van der Waals surface area contributed by atoms with E-state index in [2.05, 4.69) is 0 Å². The Morgan fingerprint density at radius 2 is 1.71 bits per heavy atom. The molecule has 1 atom stereocenters. The molecule has 3 rings (SSSR count). The summed E-state index contributed by atoms with van der Waals surface area (Å²) >= 11 is 0. The van der Waals surface area contributed by atoms with Crippen LogP contribution >= 0.6 is 0 Å². The van der Waals surface area contributed by atoms with E-state index >= 15 is 0 Å². The second kappa shape index (κ2) is 9.60. The lowest BCUT2D eigenvalue weighted by atomic mass is 9.81. The first-order valence-electron chi connectivity index (χ1n) is 11.4. The number of carbonyl (C=O) groups is 2. The predicted molar refractivity (Wildman–Crippen MR) is 130 cm³/mol. The number of anilines is 1. The lowest BCUT2D eigenvalue weighted by Crippen LogP contribution is -2.50. The van der Waals surface area contributed by atoms with Crippen LogP contribution in [0.3, 0.4) is 0 Å². The van der Waals surface area contributed by atoms with E-state index in [4.69, 9.17) is 9.47 Å². The van der Waals surface area contributed by atoms with Gasteiger partial charge in [0.1, 0.15) is 29.1 Å². The van der Waals surface area contributed by atoms with Gasteiger partial charge >= 0.3 is 5.97 Å². The SMILES string of the molecule is CC(=O)CC(C)(C)[C@H]1CN(S(=O)(=O)c2ccc(F)cc2)c2cc(CC(=O)OC(C)(C)C)ccc2O1. The first-order chi connectivity index (χ1) is 16.1. The van der Waals surface area contributed by atoms with E-state index in [1.807, 2.05) is 13.8 Å². The van der Waals surface area contributed by atoms with Gasteiger partial charge in [0.2, 0.25) is 0 Å². The van der Waals surface area contributed by atoms with Gasteiger partial charge in [-0.2, -0.15) is 0 Å². The number of hydrogen-bond donors (Lipinski definition) is 0. The molecule has 1 aliphatic heterocycles. The van der Waals surface area contributed by atoms with Gasteiger partial charge in [-0.15, -0.1) is 0 Å². The van der Waals surface area contributed by atoms with E-state index < -0.39 is 38.9 Å². The number of esters is 1. The van der Waals surface area contributed by atoms with E-state index in [9.17, 15) is 22.4 Å². The van der Waals surface area contributed by atoms with E-state index in [1.54, 1.807) is 39.0 Å². The molecular formula is C26H32FNO6S. The average Bonchev–Trinajstić information content (AvgIpc) is 2.70. The number of Topliss-reactive ketones (excluding diaryl/α,β-unsaturated/α-hetero) is 1. The smallest absolute Gasteiger partial charge is 0.310 e. The first kappa shape index (κ1) is 26.7. The molecular weight excluding hydrogens is 473 g/mol. The van der Waals surface area contributed by atoms with Crippen molar-refractivity contribution >= 4 is 27.5 Å². The maximum atomic E-state index is 13.7. The molecule has 0 bridgehead atoms. The van der Waals surface area contributed by atoms with Crippen LogP contribution in [0.2, 0.25) is 0 Å². The summed E-state index contributed by atoms with van der Waals surface area (Å²) in [6.45, 7) is 10.4. The number of rotatable bonds is 7. The Morgan fingerprint density at radius 1 is 1.09 bits per heavy atom. The molecule has 0 N–H and O–H groups in total. The van der Waals surface area contributed by atoms with Gasteiger partial charge in [-0.05, 0) is 69.7 Å². The van der Waals surface area contributed by atoms with Crippen molar-refractivity contribution in [2.75, 3.05) is 10.8 Å². The van der Waals surface area contributed by atoms with Crippen molar-refractivity contribution in [2.24, 2.45) is 5.41 Å². The van der Waals surface area contributed by atoms with Gasteiger partial charge in [-0.25, -0.2) is 12.8 Å². The van der Waals surface area contributed by atoms with Gasteiger partial charge in [-0.1, -0.05) is 19.9 Å². The summed E-state index contributed by atoms with van der Waals surface area (Å²) in [5, 5.41) is 0. The molecule has 190 valence electrons. The van der Waals surface area contributed by atoms with Crippen molar-refractivity contribution in [2.45, 2.75) is 71.0 Å². The number of ketones is 1. The molecule has 0 unspecified atom stereocenters. The molecule has 0 fully saturated rings. The van der Waals surface area contributed by atoms with Crippen LogP contribution in [0.1, 0.15) is 53.5 Å². The number of hydrogen-bond acceptors (Lipinski definition) is 6. The zero-order valence-electron chi connectivity index (χ0n) is 20.9. The summed E-state index contributed by atoms with van der Waals surface area (Å²) < 4.78 is 53.6. The van der Waals surface area contributed by atoms with Crippen LogP contribution in [0, 0.1) is 11.2 Å². The van der Waals surface area contributed by atoms with Gasteiger partial charge in [0, 0.05) is 11.8 Å². The zero-order valence-corrected chi connectivity index (χ0v) is 21.7. The average molecular weight is 506 g/mol. The molecule has 0 aliphatic carbocycles. The molecule has 0 spiro atoms. The molecule has 0 saturated carbocycles. The monoisotopic (exact) mass is 505 g/mol. The standard InChI is InChI=1S/C26H32FNO6S/c1-17(29)15-26(5,6)23-16-28(35(31,32)20-10-8-19(27)9-11-20)21-13-18(7-12-22(21)33-23)14-24(30)34-25(2,3)4/h7-13,23H,14-16H2,1-6H3/t23-/m1/s1. The molecule has 1 heterocycles. The Hall–Kier alpha value is -2.94. The van der Waals surface area contributed by atoms with E-state index in [0.29, 0.717) is 11.3 Å². The zero-order chi connectivity index (χ0) is 26.2. The van der Waals surface area contributed by atoms with Crippen molar-refractivity contribution in [3.63, 3.8) is 0 Å². The van der Waals surface area contributed by atoms with Crippen molar-refractivity contribution in [1.29, 1.82) is 0 Å². The highest BCUT2D eigenvalue weighted by molar-refractivity contribution is 7.92. The van der Waals surface area contributed by atoms with E-state index in [0.717, 1.165) is 12.1 Å². The second-order valence-corrected chi connectivity index (χ2v) is 12.4. The van der Waals surface area contributed by atoms with Crippen molar-refractivity contribution in [3.8, 4) is 5.75 Å². The van der Waals surface area contributed by atoms with E-state index in [-0.39, 0.29) is 35.8 Å². The minimum atomic E-state index is -4.10. The molecule has 9 heteroatoms. The van der Waals surface area contributed by atoms with Crippen LogP contribution in [0.15, 0.2) is 47.4 Å². The number of halogens is 1. The van der Waals surface area contributed by atoms with Crippen molar-refractivity contribution in [3.05, 3.63) is 53.8 Å². The van der Waals surface area contributed by atoms with Crippen LogP contribution in [0.25, 0.3) is 0 Å². The summed E-state index contributed by atoms with van der Waals surface area (Å²) in [6.07, 6.45) is -0.464. The van der Waals surface area contributed by atoms with Crippen molar-refractivity contribution < 1.29 is 31.9 Å². The number of sulfonamides is 1. The summed E-state index contributed by atoms with van der Waals surface area (Å²) in [5.74, 6) is -0.712. The topological polar surface area (TPSA) is 90.0 Å². The molecule has 2 aromatic rings. The third-order valence-electron chi connectivity index (χ3n) is 5.64. The number of ether oxygens (including phenoxy) is 2. The quantitative estimate of drug-likeness (QED) is 0.508. The molecule has 0 aromatic heterocycles. The number of nitrogens with zero attached hydrogens (tertiary/aromatic N) is 1. The maximum Gasteiger partial charge on any atom is 0.310 e. The molecule has 7 nitrogen and oxygen atoms in total. The third-order valence-corrected chi connectivity index (χ3v) is 7.43. The van der Waals surface area contributed by atoms with E-state index in [1.165, 1.54) is 23.4 Å². The fourth-order valence-corrected chi connectivity index (χ4v) is 5.54. The normalized spacial score (nSPS) is 16.3. The molecule has 0 amide bonds. The van der Waals surface area contributed by atoms with Crippen molar-refractivity contribution in [1.82, 2.24) is 0 Å². The number of fused-ring (bicyclic) bond motifs is 1. The highest BCUT2D eigenvalue weighted by Crippen LogP contribution is 2.42. The van der Waals surface area contributed by atoms with Crippen LogP contribution in [-0.2, 0) is 30.8 Å². The van der Waals surface area contributed by atoms with Gasteiger partial charge in [-0.3, -0.25) is 9.10 Å². The lowest BCUT2D eigenvalue weighted by molar-refractivity contribution is -0.153. The van der Waals surface area contributed by atoms with Crippen LogP contribution in [0.5, 0.6) is 5.75 Å². The highest BCUT2D eigenvalue weighted by Gasteiger charge is 2.42. The van der Waals surface area contributed by atoms with Gasteiger partial charge in [0.05, 0.1) is 23.5 Å². The van der Waals surface area contributed by atoms with Crippen LogP contribution in [0.4, 0.5) is 10.1 Å². The van der Waals surface area contributed by atoms with Crippen LogP contribution < -0.4 is 9.04 Å². The maximum absolute atomic E-state index is 13.7. The van der Waals surface area contributed by atoms with Gasteiger partial charge < -0.3 is 14.3 Å². The van der Waals surface area contributed by atoms with Gasteiger partial charge in [0.25, 0.3) is 10.0 Å². The fourth-order valence-electron chi connectivity index (χ4n) is 4.07. The molecule has 1 aliphatic rings. The first-order valence-corrected chi connectivity index (χ1v) is 12.8. The number of carbonyl (C=O) groups excluding carboxylic acids is 2. The molecule has 0 saturated heterocycles. The molecule has 0 radical (unpaired) electrons. The Bertz CT molecular complexity index is 1220. The highest BCUT2D eigenvalue weighted by atomic mass is 32.2. The minimum absolute atomic E-state index is 0.0370. The molecule has 35 heavy (non-hydrogen) atoms. The predicted octanol–water partition coefficient (Wildman–Crippen LogP) is 4.67. The Balaban J connectivity index is 2.05. The third kappa shape index (κ3) is 6.39. The Kier molecular flexibility index (Phi) is 7.32. The minimum Gasteiger partial charge on any atom is -0.486 e. The second-order valence-electron chi connectivity index (χ2n) is 10.5. The lowest BCUT2D eigenvalue weighted by Gasteiger charge is -2.42. The Morgan fingerprint density at radius 3 is 2.29 bits per heavy atom. The Labute approximate surface area is 206 Å². The summed E-state index contributed by atoms with van der Waals surface area (Å²) in [6, 6.07) is 9.49. The fraction of sp³-hybridized carbons (Fsp3) is 0.462. The summed E-state index contributed by atoms with van der Waals surface area (Å²) in [4.78, 5) is 24.1. The summed E-state index contributed by atoms with van der Waals surface area (Å²) in [5.41, 5.74) is -0.482. The van der Waals surface area contributed by atoms with Gasteiger partial charge in [0.15, 0.2) is 0 Å². The van der Waals surface area contributed by atoms with Crippen LogP contribution in [-0.4, -0.2) is 38.4 Å². The number of benzene rings is 2. The molecule has 2 aromatic carbocycles. The largest absolute Gasteiger partial charge is 0.486 e. The summed E-state index contributed by atoms with van der Waals surface area (Å²) in [7, 11) is -4.10.